The fourth-order valence-electron chi connectivity index (χ4n) is 3.61. The number of nitrogen functional groups attached to an aromatic ring is 1. The van der Waals surface area contributed by atoms with Gasteiger partial charge in [0.1, 0.15) is 0 Å². The smallest absolute Gasteiger partial charge is 0.255 e. The number of carbonyl (C=O) groups excluding carboxylic acids is 1. The number of carbonyl (C=O) groups is 1. The number of nitrogens with one attached hydrogen (secondary N) is 1. The van der Waals surface area contributed by atoms with E-state index in [1.807, 2.05) is 43.3 Å². The number of hydrogen-bond acceptors (Lipinski definition) is 3. The van der Waals surface area contributed by atoms with E-state index < -0.39 is 0 Å². The summed E-state index contributed by atoms with van der Waals surface area (Å²) in [5.74, 6) is -0.119. The van der Waals surface area contributed by atoms with Crippen LogP contribution in [0.15, 0.2) is 36.4 Å². The van der Waals surface area contributed by atoms with Gasteiger partial charge in [0.2, 0.25) is 0 Å². The van der Waals surface area contributed by atoms with E-state index in [2.05, 4.69) is 24.1 Å². The van der Waals surface area contributed by atoms with Gasteiger partial charge in [0, 0.05) is 23.8 Å². The Morgan fingerprint density at radius 3 is 2.64 bits per heavy atom. The van der Waals surface area contributed by atoms with Gasteiger partial charge in [-0.1, -0.05) is 18.2 Å². The minimum atomic E-state index is -0.119. The average Bonchev–Trinajstić information content (AvgIpc) is 2.58. The highest BCUT2D eigenvalue weighted by Gasteiger charge is 2.21. The van der Waals surface area contributed by atoms with E-state index in [0.29, 0.717) is 23.0 Å². The van der Waals surface area contributed by atoms with Gasteiger partial charge in [0.25, 0.3) is 5.91 Å². The summed E-state index contributed by atoms with van der Waals surface area (Å²) in [4.78, 5) is 15.1. The van der Waals surface area contributed by atoms with Crippen LogP contribution in [0.2, 0.25) is 0 Å². The summed E-state index contributed by atoms with van der Waals surface area (Å²) in [7, 11) is 0. The predicted octanol–water partition coefficient (Wildman–Crippen LogP) is 4.52. The highest BCUT2D eigenvalue weighted by atomic mass is 16.1. The number of nitrogens with two attached hydrogens (primary N) is 1. The maximum absolute atomic E-state index is 12.6. The predicted molar refractivity (Wildman–Crippen MR) is 105 cm³/mol. The van der Waals surface area contributed by atoms with Crippen molar-refractivity contribution in [1.29, 1.82) is 0 Å². The lowest BCUT2D eigenvalue weighted by Gasteiger charge is -2.36. The first-order valence-corrected chi connectivity index (χ1v) is 9.01. The number of hydrogen-bond donors (Lipinski definition) is 2. The fraction of sp³-hybridized carbons (Fsp3) is 0.381. The lowest BCUT2D eigenvalue weighted by Crippen LogP contribution is -2.37. The molecule has 0 radical (unpaired) electrons. The Morgan fingerprint density at radius 2 is 1.92 bits per heavy atom. The van der Waals surface area contributed by atoms with Gasteiger partial charge >= 0.3 is 0 Å². The molecular formula is C21H27N3O. The third kappa shape index (κ3) is 3.63. The van der Waals surface area contributed by atoms with Crippen molar-refractivity contribution in [3.8, 4) is 0 Å². The Kier molecular flexibility index (Phi) is 4.98. The van der Waals surface area contributed by atoms with E-state index in [9.17, 15) is 4.79 Å². The molecule has 1 amide bonds. The van der Waals surface area contributed by atoms with Crippen LogP contribution in [0.25, 0.3) is 0 Å². The van der Waals surface area contributed by atoms with Crippen LogP contribution >= 0.6 is 0 Å². The topological polar surface area (TPSA) is 58.4 Å². The van der Waals surface area contributed by atoms with Gasteiger partial charge in [-0.25, -0.2) is 0 Å². The maximum Gasteiger partial charge on any atom is 0.255 e. The fourth-order valence-corrected chi connectivity index (χ4v) is 3.61. The zero-order valence-electron chi connectivity index (χ0n) is 15.3. The molecule has 3 rings (SSSR count). The maximum atomic E-state index is 12.6. The average molecular weight is 337 g/mol. The van der Waals surface area contributed by atoms with Crippen molar-refractivity contribution in [2.24, 2.45) is 0 Å². The van der Waals surface area contributed by atoms with E-state index in [1.165, 1.54) is 24.9 Å². The minimum absolute atomic E-state index is 0.119. The molecule has 0 aromatic heterocycles. The lowest BCUT2D eigenvalue weighted by atomic mass is 10.0. The van der Waals surface area contributed by atoms with Crippen molar-refractivity contribution < 1.29 is 4.79 Å². The third-order valence-electron chi connectivity index (χ3n) is 5.12. The van der Waals surface area contributed by atoms with E-state index in [1.54, 1.807) is 0 Å². The lowest BCUT2D eigenvalue weighted by molar-refractivity contribution is 0.102. The molecule has 25 heavy (non-hydrogen) atoms. The molecule has 0 unspecified atom stereocenters. The molecule has 0 spiro atoms. The van der Waals surface area contributed by atoms with Crippen LogP contribution in [0.3, 0.4) is 0 Å². The summed E-state index contributed by atoms with van der Waals surface area (Å²) in [6.45, 7) is 7.34. The van der Waals surface area contributed by atoms with E-state index in [-0.39, 0.29) is 5.91 Å². The summed E-state index contributed by atoms with van der Waals surface area (Å²) in [6, 6.07) is 12.1. The molecule has 1 saturated heterocycles. The summed E-state index contributed by atoms with van der Waals surface area (Å²) < 4.78 is 0. The quantitative estimate of drug-likeness (QED) is 0.810. The number of piperidine rings is 1. The van der Waals surface area contributed by atoms with Gasteiger partial charge in [-0.2, -0.15) is 0 Å². The largest absolute Gasteiger partial charge is 0.397 e. The van der Waals surface area contributed by atoms with Crippen molar-refractivity contribution in [3.05, 3.63) is 53.1 Å². The number of aryl methyl sites for hydroxylation is 2. The number of rotatable bonds is 3. The minimum Gasteiger partial charge on any atom is -0.397 e. The molecule has 1 heterocycles. The molecule has 132 valence electrons. The Balaban J connectivity index is 1.90. The van der Waals surface area contributed by atoms with E-state index in [0.717, 1.165) is 17.7 Å². The number of benzene rings is 2. The molecule has 1 atom stereocenters. The second-order valence-corrected chi connectivity index (χ2v) is 7.03. The zero-order chi connectivity index (χ0) is 18.0. The summed E-state index contributed by atoms with van der Waals surface area (Å²) in [5, 5.41) is 3.00. The van der Waals surface area contributed by atoms with Crippen molar-refractivity contribution in [3.63, 3.8) is 0 Å². The second kappa shape index (κ2) is 7.18. The summed E-state index contributed by atoms with van der Waals surface area (Å²) in [6.07, 6.45) is 3.69. The summed E-state index contributed by atoms with van der Waals surface area (Å²) in [5.41, 5.74) is 11.4. The first-order chi connectivity index (χ1) is 12.0. The van der Waals surface area contributed by atoms with Crippen LogP contribution in [-0.2, 0) is 0 Å². The van der Waals surface area contributed by atoms with E-state index >= 15 is 0 Å². The molecule has 0 bridgehead atoms. The molecule has 1 fully saturated rings. The van der Waals surface area contributed by atoms with Crippen molar-refractivity contribution in [2.45, 2.75) is 46.1 Å². The molecule has 1 aliphatic heterocycles. The molecule has 0 aliphatic carbocycles. The van der Waals surface area contributed by atoms with Crippen LogP contribution in [0.1, 0.15) is 47.7 Å². The Hall–Kier alpha value is -2.49. The highest BCUT2D eigenvalue weighted by Crippen LogP contribution is 2.33. The highest BCUT2D eigenvalue weighted by molar-refractivity contribution is 6.07. The van der Waals surface area contributed by atoms with Crippen molar-refractivity contribution >= 4 is 23.0 Å². The molecular weight excluding hydrogens is 310 g/mol. The number of nitrogens with zero attached hydrogens (tertiary/aromatic N) is 1. The van der Waals surface area contributed by atoms with Crippen molar-refractivity contribution in [2.75, 3.05) is 22.5 Å². The SMILES string of the molecule is Cc1ccccc1C(=O)Nc1cc(N2CCCC[C@@H]2C)c(C)cc1N. The van der Waals surface area contributed by atoms with Gasteiger partial charge in [0.15, 0.2) is 0 Å². The normalized spacial score (nSPS) is 17.4. The van der Waals surface area contributed by atoms with Gasteiger partial charge in [-0.05, 0) is 69.4 Å². The summed E-state index contributed by atoms with van der Waals surface area (Å²) >= 11 is 0. The van der Waals surface area contributed by atoms with Crippen LogP contribution in [-0.4, -0.2) is 18.5 Å². The molecule has 3 N–H and O–H groups in total. The van der Waals surface area contributed by atoms with Gasteiger partial charge in [-0.15, -0.1) is 0 Å². The molecule has 4 nitrogen and oxygen atoms in total. The van der Waals surface area contributed by atoms with Gasteiger partial charge < -0.3 is 16.0 Å². The van der Waals surface area contributed by atoms with Gasteiger partial charge in [0.05, 0.1) is 11.4 Å². The van der Waals surface area contributed by atoms with Crippen LogP contribution in [0, 0.1) is 13.8 Å². The standard InChI is InChI=1S/C21H27N3O/c1-14-8-4-5-10-17(14)21(25)23-19-13-20(15(2)12-18(19)22)24-11-7-6-9-16(24)3/h4-5,8,10,12-13,16H,6-7,9,11,22H2,1-3H3,(H,23,25)/t16-/m0/s1. The van der Waals surface area contributed by atoms with Gasteiger partial charge in [-0.3, -0.25) is 4.79 Å². The first-order valence-electron chi connectivity index (χ1n) is 9.01. The second-order valence-electron chi connectivity index (χ2n) is 7.03. The molecule has 2 aromatic carbocycles. The number of anilines is 3. The third-order valence-corrected chi connectivity index (χ3v) is 5.12. The Morgan fingerprint density at radius 1 is 1.16 bits per heavy atom. The Labute approximate surface area is 150 Å². The van der Waals surface area contributed by atoms with Crippen LogP contribution in [0.4, 0.5) is 17.1 Å². The van der Waals surface area contributed by atoms with E-state index in [4.69, 9.17) is 5.73 Å². The van der Waals surface area contributed by atoms with Crippen LogP contribution in [0.5, 0.6) is 0 Å². The number of amides is 1. The van der Waals surface area contributed by atoms with Crippen LogP contribution < -0.4 is 16.0 Å². The van der Waals surface area contributed by atoms with Crippen molar-refractivity contribution in [1.82, 2.24) is 0 Å². The Bertz CT molecular complexity index is 785. The zero-order valence-corrected chi connectivity index (χ0v) is 15.3. The molecule has 4 heteroatoms. The molecule has 1 aliphatic rings. The first kappa shape index (κ1) is 17.3. The molecule has 2 aromatic rings. The monoisotopic (exact) mass is 337 g/mol. The molecule has 0 saturated carbocycles.